The summed E-state index contributed by atoms with van der Waals surface area (Å²) in [5.41, 5.74) is 12.5. The number of rotatable bonds is 2. The molecule has 14 heavy (non-hydrogen) atoms. The van der Waals surface area contributed by atoms with Crippen LogP contribution in [0.2, 0.25) is 5.02 Å². The molecule has 2 atom stereocenters. The Morgan fingerprint density at radius 2 is 1.93 bits per heavy atom. The summed E-state index contributed by atoms with van der Waals surface area (Å²) in [6, 6.07) is 2.23. The van der Waals surface area contributed by atoms with Crippen molar-refractivity contribution in [1.82, 2.24) is 0 Å². The Morgan fingerprint density at radius 3 is 2.43 bits per heavy atom. The summed E-state index contributed by atoms with van der Waals surface area (Å²) in [6.45, 7) is 3.42. The van der Waals surface area contributed by atoms with Crippen molar-refractivity contribution in [3.63, 3.8) is 0 Å². The van der Waals surface area contributed by atoms with E-state index < -0.39 is 6.04 Å². The maximum Gasteiger partial charge on any atom is 0.126 e. The van der Waals surface area contributed by atoms with Crippen LogP contribution in [0.4, 0.5) is 4.39 Å². The number of benzene rings is 1. The molecule has 0 fully saturated rings. The van der Waals surface area contributed by atoms with Gasteiger partial charge in [0.1, 0.15) is 5.82 Å². The van der Waals surface area contributed by atoms with Crippen LogP contribution < -0.4 is 11.5 Å². The lowest BCUT2D eigenvalue weighted by Gasteiger charge is -2.18. The van der Waals surface area contributed by atoms with E-state index in [-0.39, 0.29) is 11.9 Å². The molecule has 1 rings (SSSR count). The van der Waals surface area contributed by atoms with Crippen LogP contribution in [0.3, 0.4) is 0 Å². The van der Waals surface area contributed by atoms with Crippen LogP contribution in [0.1, 0.15) is 24.1 Å². The predicted molar refractivity (Wildman–Crippen MR) is 56.7 cm³/mol. The molecular formula is C10H14ClFN2. The van der Waals surface area contributed by atoms with Gasteiger partial charge in [0.15, 0.2) is 0 Å². The van der Waals surface area contributed by atoms with Crippen LogP contribution >= 0.6 is 11.6 Å². The minimum absolute atomic E-state index is 0.255. The van der Waals surface area contributed by atoms with Crippen LogP contribution in [-0.2, 0) is 0 Å². The van der Waals surface area contributed by atoms with E-state index in [2.05, 4.69) is 0 Å². The largest absolute Gasteiger partial charge is 0.326 e. The smallest absolute Gasteiger partial charge is 0.126 e. The zero-order chi connectivity index (χ0) is 10.9. The van der Waals surface area contributed by atoms with Crippen molar-refractivity contribution in [1.29, 1.82) is 0 Å². The molecule has 0 aliphatic rings. The Bertz CT molecular complexity index is 339. The van der Waals surface area contributed by atoms with Gasteiger partial charge in [0.25, 0.3) is 0 Å². The van der Waals surface area contributed by atoms with Crippen molar-refractivity contribution in [2.45, 2.75) is 25.9 Å². The van der Waals surface area contributed by atoms with E-state index >= 15 is 0 Å². The van der Waals surface area contributed by atoms with Crippen LogP contribution in [0.15, 0.2) is 12.1 Å². The van der Waals surface area contributed by atoms with E-state index in [1.807, 2.05) is 0 Å². The first-order chi connectivity index (χ1) is 6.43. The molecule has 0 aliphatic carbocycles. The maximum absolute atomic E-state index is 13.2. The summed E-state index contributed by atoms with van der Waals surface area (Å²) in [5, 5.41) is 0.466. The molecule has 0 radical (unpaired) electrons. The molecule has 1 aromatic carbocycles. The first-order valence-electron chi connectivity index (χ1n) is 4.40. The van der Waals surface area contributed by atoms with Crippen molar-refractivity contribution < 1.29 is 4.39 Å². The molecule has 0 bridgehead atoms. The van der Waals surface area contributed by atoms with E-state index in [9.17, 15) is 4.39 Å². The second kappa shape index (κ2) is 4.26. The molecule has 0 saturated carbocycles. The molecule has 2 nitrogen and oxygen atoms in total. The fourth-order valence-corrected chi connectivity index (χ4v) is 1.54. The lowest BCUT2D eigenvalue weighted by Crippen LogP contribution is -2.31. The first kappa shape index (κ1) is 11.4. The second-order valence-electron chi connectivity index (χ2n) is 3.51. The van der Waals surface area contributed by atoms with E-state index in [4.69, 9.17) is 23.1 Å². The minimum Gasteiger partial charge on any atom is -0.326 e. The number of aryl methyl sites for hydroxylation is 1. The van der Waals surface area contributed by atoms with Gasteiger partial charge in [0.05, 0.1) is 0 Å². The van der Waals surface area contributed by atoms with Crippen LogP contribution in [0.25, 0.3) is 0 Å². The zero-order valence-corrected chi connectivity index (χ0v) is 8.98. The maximum atomic E-state index is 13.2. The molecule has 0 spiro atoms. The number of nitrogens with two attached hydrogens (primary N) is 2. The van der Waals surface area contributed by atoms with Crippen molar-refractivity contribution in [3.05, 3.63) is 34.1 Å². The third kappa shape index (κ3) is 2.23. The van der Waals surface area contributed by atoms with E-state index in [0.29, 0.717) is 16.1 Å². The van der Waals surface area contributed by atoms with Gasteiger partial charge in [-0.15, -0.1) is 0 Å². The Hall–Kier alpha value is -0.640. The van der Waals surface area contributed by atoms with Gasteiger partial charge in [-0.1, -0.05) is 11.6 Å². The highest BCUT2D eigenvalue weighted by Gasteiger charge is 2.16. The summed E-state index contributed by atoms with van der Waals surface area (Å²) in [6.07, 6.45) is 0. The lowest BCUT2D eigenvalue weighted by molar-refractivity contribution is 0.574. The number of hydrogen-bond acceptors (Lipinski definition) is 2. The van der Waals surface area contributed by atoms with E-state index in [0.717, 1.165) is 0 Å². The normalized spacial score (nSPS) is 15.3. The quantitative estimate of drug-likeness (QED) is 0.796. The van der Waals surface area contributed by atoms with Gasteiger partial charge >= 0.3 is 0 Å². The highest BCUT2D eigenvalue weighted by Crippen LogP contribution is 2.25. The van der Waals surface area contributed by atoms with Crippen LogP contribution in [0.5, 0.6) is 0 Å². The second-order valence-corrected chi connectivity index (χ2v) is 3.92. The highest BCUT2D eigenvalue weighted by molar-refractivity contribution is 6.31. The lowest BCUT2D eigenvalue weighted by atomic mass is 10.0. The molecule has 0 heterocycles. The summed E-state index contributed by atoms with van der Waals surface area (Å²) in [7, 11) is 0. The molecule has 0 amide bonds. The van der Waals surface area contributed by atoms with Crippen LogP contribution in [0, 0.1) is 12.7 Å². The third-order valence-corrected chi connectivity index (χ3v) is 2.53. The number of halogens is 2. The van der Waals surface area contributed by atoms with Crippen molar-refractivity contribution in [2.75, 3.05) is 0 Å². The Labute approximate surface area is 88.0 Å². The topological polar surface area (TPSA) is 52.0 Å². The molecular weight excluding hydrogens is 203 g/mol. The van der Waals surface area contributed by atoms with Crippen LogP contribution in [-0.4, -0.2) is 6.04 Å². The van der Waals surface area contributed by atoms with Gasteiger partial charge in [-0.05, 0) is 37.1 Å². The monoisotopic (exact) mass is 216 g/mol. The van der Waals surface area contributed by atoms with E-state index in [1.54, 1.807) is 19.9 Å². The van der Waals surface area contributed by atoms with Crippen molar-refractivity contribution >= 4 is 11.6 Å². The molecule has 2 unspecified atom stereocenters. The fraction of sp³-hybridized carbons (Fsp3) is 0.400. The van der Waals surface area contributed by atoms with Crippen molar-refractivity contribution in [3.8, 4) is 0 Å². The molecule has 78 valence electrons. The van der Waals surface area contributed by atoms with Gasteiger partial charge in [-0.2, -0.15) is 0 Å². The average Bonchev–Trinajstić information content (AvgIpc) is 2.10. The molecule has 4 heteroatoms. The summed E-state index contributed by atoms with van der Waals surface area (Å²) in [5.74, 6) is -0.305. The molecule has 0 aliphatic heterocycles. The zero-order valence-electron chi connectivity index (χ0n) is 8.22. The SMILES string of the molecule is Cc1cc(Cl)c(C(N)C(C)N)cc1F. The van der Waals surface area contributed by atoms with Gasteiger partial charge in [0.2, 0.25) is 0 Å². The Morgan fingerprint density at radius 1 is 1.36 bits per heavy atom. The molecule has 0 saturated heterocycles. The van der Waals surface area contributed by atoms with Gasteiger partial charge in [-0.3, -0.25) is 0 Å². The third-order valence-electron chi connectivity index (χ3n) is 2.20. The van der Waals surface area contributed by atoms with Gasteiger partial charge < -0.3 is 11.5 Å². The van der Waals surface area contributed by atoms with Gasteiger partial charge in [-0.25, -0.2) is 4.39 Å². The molecule has 4 N–H and O–H groups in total. The van der Waals surface area contributed by atoms with Gasteiger partial charge in [0, 0.05) is 17.1 Å². The number of hydrogen-bond donors (Lipinski definition) is 2. The average molecular weight is 217 g/mol. The first-order valence-corrected chi connectivity index (χ1v) is 4.78. The Kier molecular flexibility index (Phi) is 3.48. The molecule has 0 aromatic heterocycles. The molecule has 1 aromatic rings. The fourth-order valence-electron chi connectivity index (χ4n) is 1.20. The van der Waals surface area contributed by atoms with E-state index in [1.165, 1.54) is 6.07 Å². The Balaban J connectivity index is 3.15. The summed E-state index contributed by atoms with van der Waals surface area (Å²) in [4.78, 5) is 0. The van der Waals surface area contributed by atoms with Crippen molar-refractivity contribution in [2.24, 2.45) is 11.5 Å². The minimum atomic E-state index is -0.433. The summed E-state index contributed by atoms with van der Waals surface area (Å²) >= 11 is 5.94. The summed E-state index contributed by atoms with van der Waals surface area (Å²) < 4.78 is 13.2. The predicted octanol–water partition coefficient (Wildman–Crippen LogP) is 2.13. The highest BCUT2D eigenvalue weighted by atomic mass is 35.5. The standard InChI is InChI=1S/C10H14ClFN2/c1-5-3-8(11)7(4-9(5)12)10(14)6(2)13/h3-4,6,10H,13-14H2,1-2H3.